The van der Waals surface area contributed by atoms with Crippen molar-refractivity contribution in [3.63, 3.8) is 0 Å². The maximum atomic E-state index is 14.0. The molecule has 10 heteroatoms. The van der Waals surface area contributed by atoms with Gasteiger partial charge in [-0.2, -0.15) is 26.3 Å². The second kappa shape index (κ2) is 17.6. The molecular weight excluding hydrogens is 1030 g/mol. The van der Waals surface area contributed by atoms with Crippen LogP contribution in [0.4, 0.5) is 26.3 Å². The highest BCUT2D eigenvalue weighted by molar-refractivity contribution is 9.10. The maximum absolute atomic E-state index is 14.0. The second-order valence-electron chi connectivity index (χ2n) is 20.1. The molecule has 0 N–H and O–H groups in total. The lowest BCUT2D eigenvalue weighted by molar-refractivity contribution is -0.137. The Morgan fingerprint density at radius 3 is 0.941 bits per heavy atom. The fraction of sp³-hybridized carbons (Fsp3) is 0.241. The fourth-order valence-electron chi connectivity index (χ4n) is 12.8. The molecule has 0 aromatic heterocycles. The Kier molecular flexibility index (Phi) is 12.5. The van der Waals surface area contributed by atoms with E-state index >= 15 is 0 Å². The molecule has 348 valence electrons. The van der Waals surface area contributed by atoms with Crippen LogP contribution in [0, 0.1) is 0 Å². The molecule has 0 bridgehead atoms. The molecule has 4 aliphatic carbocycles. The van der Waals surface area contributed by atoms with Gasteiger partial charge in [-0.15, -0.1) is 0 Å². The van der Waals surface area contributed by atoms with Gasteiger partial charge in [-0.1, -0.05) is 202 Å². The van der Waals surface area contributed by atoms with Gasteiger partial charge in [0, 0.05) is 31.1 Å². The summed E-state index contributed by atoms with van der Waals surface area (Å²) in [5.74, 6) is 0. The molecule has 0 heterocycles. The lowest BCUT2D eigenvalue weighted by Crippen LogP contribution is -2.42. The first kappa shape index (κ1) is 48.3. The predicted octanol–water partition coefficient (Wildman–Crippen LogP) is 19.2. The number of benzene rings is 6. The third-order valence-electron chi connectivity index (χ3n) is 15.0. The van der Waals surface area contributed by atoms with Gasteiger partial charge in [-0.05, 0) is 119 Å². The molecule has 0 spiro atoms. The van der Waals surface area contributed by atoms with E-state index < -0.39 is 39.6 Å². The number of hydrogen-bond donors (Lipinski definition) is 0. The predicted molar refractivity (Wildman–Crippen MR) is 283 cm³/mol. The summed E-state index contributed by atoms with van der Waals surface area (Å²) in [6, 6.07) is 36.0. The van der Waals surface area contributed by atoms with Crippen molar-refractivity contribution in [1.82, 2.24) is 0 Å². The van der Waals surface area contributed by atoms with E-state index in [2.05, 4.69) is 120 Å². The van der Waals surface area contributed by atoms with Crippen molar-refractivity contribution in [2.24, 2.45) is 0 Å². The van der Waals surface area contributed by atoms with Crippen LogP contribution < -0.4 is 0 Å². The van der Waals surface area contributed by atoms with Crippen molar-refractivity contribution >= 4 is 72.3 Å². The molecule has 4 unspecified atom stereocenters. The molecule has 10 rings (SSSR count). The zero-order chi connectivity index (χ0) is 48.8. The number of halogens is 8. The van der Waals surface area contributed by atoms with Crippen LogP contribution in [-0.4, -0.2) is 16.1 Å². The van der Waals surface area contributed by atoms with Gasteiger partial charge in [0.2, 0.25) is 0 Å². The van der Waals surface area contributed by atoms with E-state index in [0.717, 1.165) is 45.5 Å². The first-order valence-electron chi connectivity index (χ1n) is 22.9. The molecule has 6 aromatic carbocycles. The average Bonchev–Trinajstić information content (AvgIpc) is 4.02. The molecule has 0 saturated carbocycles. The van der Waals surface area contributed by atoms with Crippen molar-refractivity contribution in [3.8, 4) is 22.3 Å². The van der Waals surface area contributed by atoms with Gasteiger partial charge in [-0.25, -0.2) is 0 Å². The van der Waals surface area contributed by atoms with Crippen LogP contribution in [0.5, 0.6) is 0 Å². The van der Waals surface area contributed by atoms with E-state index in [0.29, 0.717) is 22.2 Å². The fourth-order valence-corrected chi connectivity index (χ4v) is 23.7. The summed E-state index contributed by atoms with van der Waals surface area (Å²) < 4.78 is 86.4. The van der Waals surface area contributed by atoms with Crippen LogP contribution in [-0.2, 0) is 12.4 Å². The van der Waals surface area contributed by atoms with E-state index in [1.165, 1.54) is 66.6 Å². The van der Waals surface area contributed by atoms with Crippen molar-refractivity contribution in [3.05, 3.63) is 208 Å². The zero-order valence-corrected chi connectivity index (χ0v) is 44.4. The zero-order valence-electron chi connectivity index (χ0n) is 39.2. The monoisotopic (exact) mass is 1080 g/mol. The highest BCUT2D eigenvalue weighted by Gasteiger charge is 2.49. The molecule has 0 saturated heterocycles. The van der Waals surface area contributed by atoms with Crippen LogP contribution in [0.15, 0.2) is 153 Å². The summed E-state index contributed by atoms with van der Waals surface area (Å²) in [6.45, 7) is 18.4. The van der Waals surface area contributed by atoms with Crippen LogP contribution in [0.3, 0.4) is 0 Å². The first-order chi connectivity index (χ1) is 32.0. The van der Waals surface area contributed by atoms with E-state index in [4.69, 9.17) is 0 Å². The van der Waals surface area contributed by atoms with E-state index in [9.17, 15) is 26.3 Å². The highest BCUT2D eigenvalue weighted by Crippen LogP contribution is 2.56. The van der Waals surface area contributed by atoms with Crippen LogP contribution in [0.1, 0.15) is 105 Å². The number of alkyl halides is 6. The molecule has 0 aliphatic heterocycles. The largest absolute Gasteiger partial charge is 0.417 e. The Labute approximate surface area is 414 Å². The lowest BCUT2D eigenvalue weighted by atomic mass is 9.93. The first-order valence-corrected chi connectivity index (χ1v) is 30.8. The molecular formula is C58H52Br2F6Si2. The summed E-state index contributed by atoms with van der Waals surface area (Å²) >= 11 is 7.51. The Bertz CT molecular complexity index is 2940. The number of hydrogen-bond acceptors (Lipinski definition) is 0. The Morgan fingerprint density at radius 1 is 0.353 bits per heavy atom. The lowest BCUT2D eigenvalue weighted by Gasteiger charge is -2.39. The van der Waals surface area contributed by atoms with E-state index in [-0.39, 0.29) is 22.2 Å². The van der Waals surface area contributed by atoms with Gasteiger partial charge >= 0.3 is 12.4 Å². The topological polar surface area (TPSA) is 0 Å². The third kappa shape index (κ3) is 8.14. The van der Waals surface area contributed by atoms with Gasteiger partial charge in [0.1, 0.15) is 0 Å². The van der Waals surface area contributed by atoms with Gasteiger partial charge in [0.15, 0.2) is 0 Å². The normalized spacial score (nSPS) is 19.5. The molecule has 0 nitrogen and oxygen atoms in total. The third-order valence-corrected chi connectivity index (χ3v) is 25.4. The minimum Gasteiger partial charge on any atom is -0.166 e. The molecule has 4 atom stereocenters. The average molecular weight is 1080 g/mol. The summed E-state index contributed by atoms with van der Waals surface area (Å²) in [5.41, 5.74) is 16.0. The number of allylic oxidation sites excluding steroid dienone is 4. The van der Waals surface area contributed by atoms with E-state index in [1.54, 1.807) is 24.3 Å². The molecule has 0 radical (unpaired) electrons. The summed E-state index contributed by atoms with van der Waals surface area (Å²) in [7, 11) is -4.09. The van der Waals surface area contributed by atoms with Gasteiger partial charge in [0.25, 0.3) is 0 Å². The van der Waals surface area contributed by atoms with E-state index in [1.807, 2.05) is 50.3 Å². The molecule has 4 aliphatic rings. The summed E-state index contributed by atoms with van der Waals surface area (Å²) in [5, 5.41) is 0. The molecule has 0 amide bonds. The van der Waals surface area contributed by atoms with Crippen molar-refractivity contribution < 1.29 is 26.3 Å². The SMILES string of the molecule is CC1=Cc2c(-c3ccccc3C(F)(F)F)cccc2C1[Si](C)(C)C1C(C)=Cc2c(-c3ccccc3C(F)(F)F)cccc21.CC1=Cc2c(Br)cccc2C1[Si](C)(C)C1C(C)=Cc2c(Br)cccc21. The minimum absolute atomic E-state index is 0.0194. The maximum Gasteiger partial charge on any atom is 0.417 e. The van der Waals surface area contributed by atoms with Gasteiger partial charge in [-0.3, -0.25) is 0 Å². The highest BCUT2D eigenvalue weighted by atomic mass is 79.9. The van der Waals surface area contributed by atoms with Crippen LogP contribution >= 0.6 is 31.9 Å². The molecule has 6 aromatic rings. The van der Waals surface area contributed by atoms with Gasteiger partial charge in [0.05, 0.1) is 27.3 Å². The number of rotatable bonds is 6. The van der Waals surface area contributed by atoms with Crippen LogP contribution in [0.25, 0.3) is 46.6 Å². The smallest absolute Gasteiger partial charge is 0.166 e. The van der Waals surface area contributed by atoms with Gasteiger partial charge < -0.3 is 0 Å². The van der Waals surface area contributed by atoms with Crippen molar-refractivity contribution in [2.75, 3.05) is 0 Å². The Balaban J connectivity index is 0.000000195. The molecule has 68 heavy (non-hydrogen) atoms. The van der Waals surface area contributed by atoms with Crippen molar-refractivity contribution in [1.29, 1.82) is 0 Å². The summed E-state index contributed by atoms with van der Waals surface area (Å²) in [4.78, 5) is 0. The second-order valence-corrected chi connectivity index (χ2v) is 31.4. The Hall–Kier alpha value is -4.75. The minimum atomic E-state index is -4.48. The van der Waals surface area contributed by atoms with Crippen LogP contribution in [0.2, 0.25) is 26.2 Å². The Morgan fingerprint density at radius 2 is 0.618 bits per heavy atom. The quantitative estimate of drug-likeness (QED) is 0.115. The standard InChI is InChI=1S/C36H30F6Si.C22H22Br2Si/c1-21-19-29-23(25-11-5-7-17-31(25)35(37,38)39)13-9-15-27(29)33(21)43(3,4)34-22(2)20-30-24(14-10-16-28(30)34)26-12-6-8-18-32(26)36(40,41)42;1-13-11-17-15(7-5-9-19(17)23)21(13)25(3,4)22-14(2)12-18-16(22)8-6-10-20(18)24/h5-20,33-34H,1-4H3;5-12,21-22H,1-4H3. The summed E-state index contributed by atoms with van der Waals surface area (Å²) in [6.07, 6.45) is -0.113. The van der Waals surface area contributed by atoms with Crippen molar-refractivity contribution in [2.45, 2.75) is 88.4 Å². The molecule has 0 fully saturated rings. The number of fused-ring (bicyclic) bond motifs is 4.